The highest BCUT2D eigenvalue weighted by atomic mass is 79.9. The molecule has 1 unspecified atom stereocenters. The number of hydrogen-bond donors (Lipinski definition) is 0. The second-order valence-corrected chi connectivity index (χ2v) is 6.19. The maximum atomic E-state index is 6.05. The van der Waals surface area contributed by atoms with E-state index < -0.39 is 5.60 Å². The number of hydrogen-bond acceptors (Lipinski definition) is 4. The minimum atomic E-state index is -0.436. The first-order valence-electron chi connectivity index (χ1n) is 6.94. The first-order valence-corrected chi connectivity index (χ1v) is 7.73. The van der Waals surface area contributed by atoms with Crippen LogP contribution < -0.4 is 4.74 Å². The molecule has 1 aliphatic rings. The van der Waals surface area contributed by atoms with E-state index in [-0.39, 0.29) is 6.10 Å². The van der Waals surface area contributed by atoms with Crippen LogP contribution in [0.4, 0.5) is 0 Å². The molecule has 5 heteroatoms. The molecule has 2 atom stereocenters. The summed E-state index contributed by atoms with van der Waals surface area (Å²) in [5, 5.41) is 0. The van der Waals surface area contributed by atoms with E-state index in [0.29, 0.717) is 33.0 Å². The van der Waals surface area contributed by atoms with Crippen molar-refractivity contribution in [3.63, 3.8) is 0 Å². The van der Waals surface area contributed by atoms with Gasteiger partial charge in [-0.25, -0.2) is 0 Å². The largest absolute Gasteiger partial charge is 0.491 e. The van der Waals surface area contributed by atoms with Gasteiger partial charge in [0, 0.05) is 4.47 Å². The monoisotopic (exact) mass is 356 g/mol. The number of benzene rings is 1. The van der Waals surface area contributed by atoms with Crippen molar-refractivity contribution >= 4 is 15.9 Å². The standard InChI is InChI=1S/C16H21BrO4/c1-3-8-18-11-16(2)12-19-9-15(21-16)10-20-14-6-4-13(17)5-7-14/h3-7,15H,1,8-12H2,2H3/t15?,16-/m0/s1. The second kappa shape index (κ2) is 7.94. The molecule has 2 rings (SSSR count). The first kappa shape index (κ1) is 16.5. The summed E-state index contributed by atoms with van der Waals surface area (Å²) < 4.78 is 23.9. The molecule has 21 heavy (non-hydrogen) atoms. The molecule has 0 amide bonds. The SMILES string of the molecule is C=CCOC[C@@]1(C)COCC(COc2ccc(Br)cc2)O1. The lowest BCUT2D eigenvalue weighted by Crippen LogP contribution is -2.50. The summed E-state index contributed by atoms with van der Waals surface area (Å²) in [5.74, 6) is 0.817. The van der Waals surface area contributed by atoms with Crippen LogP contribution in [-0.2, 0) is 14.2 Å². The van der Waals surface area contributed by atoms with Crippen LogP contribution in [0.2, 0.25) is 0 Å². The van der Waals surface area contributed by atoms with Crippen LogP contribution in [0.25, 0.3) is 0 Å². The van der Waals surface area contributed by atoms with E-state index in [1.165, 1.54) is 0 Å². The lowest BCUT2D eigenvalue weighted by molar-refractivity contribution is -0.215. The lowest BCUT2D eigenvalue weighted by atomic mass is 10.1. The zero-order chi connectivity index (χ0) is 15.1. The number of halogens is 1. The van der Waals surface area contributed by atoms with Crippen molar-refractivity contribution in [1.82, 2.24) is 0 Å². The van der Waals surface area contributed by atoms with Gasteiger partial charge in [0.25, 0.3) is 0 Å². The molecule has 0 saturated carbocycles. The molecule has 0 bridgehead atoms. The van der Waals surface area contributed by atoms with Gasteiger partial charge in [-0.15, -0.1) is 6.58 Å². The molecule has 1 aromatic carbocycles. The Morgan fingerprint density at radius 1 is 1.43 bits per heavy atom. The van der Waals surface area contributed by atoms with Gasteiger partial charge in [0.1, 0.15) is 24.1 Å². The minimum Gasteiger partial charge on any atom is -0.491 e. The summed E-state index contributed by atoms with van der Waals surface area (Å²) in [6.07, 6.45) is 1.63. The Labute approximate surface area is 134 Å². The summed E-state index contributed by atoms with van der Waals surface area (Å²) >= 11 is 3.40. The Morgan fingerprint density at radius 2 is 2.19 bits per heavy atom. The highest BCUT2D eigenvalue weighted by Gasteiger charge is 2.34. The van der Waals surface area contributed by atoms with Gasteiger partial charge >= 0.3 is 0 Å². The van der Waals surface area contributed by atoms with E-state index >= 15 is 0 Å². The van der Waals surface area contributed by atoms with Crippen molar-refractivity contribution in [2.75, 3.05) is 33.0 Å². The van der Waals surface area contributed by atoms with Crippen molar-refractivity contribution < 1.29 is 18.9 Å². The van der Waals surface area contributed by atoms with Crippen molar-refractivity contribution in [3.8, 4) is 5.75 Å². The normalized spacial score (nSPS) is 25.5. The molecule has 0 aromatic heterocycles. The molecule has 1 heterocycles. The predicted molar refractivity (Wildman–Crippen MR) is 84.8 cm³/mol. The average molecular weight is 357 g/mol. The Morgan fingerprint density at radius 3 is 2.90 bits per heavy atom. The van der Waals surface area contributed by atoms with E-state index in [1.807, 2.05) is 31.2 Å². The summed E-state index contributed by atoms with van der Waals surface area (Å²) in [6, 6.07) is 7.72. The molecule has 0 aliphatic carbocycles. The van der Waals surface area contributed by atoms with E-state index in [0.717, 1.165) is 10.2 Å². The van der Waals surface area contributed by atoms with Crippen LogP contribution in [0, 0.1) is 0 Å². The van der Waals surface area contributed by atoms with E-state index in [2.05, 4.69) is 22.5 Å². The van der Waals surface area contributed by atoms with E-state index in [1.54, 1.807) is 6.08 Å². The fourth-order valence-corrected chi connectivity index (χ4v) is 2.38. The first-order chi connectivity index (χ1) is 10.1. The Balaban J connectivity index is 1.80. The van der Waals surface area contributed by atoms with Gasteiger partial charge in [0.2, 0.25) is 0 Å². The third kappa shape index (κ3) is 5.43. The molecule has 1 fully saturated rings. The van der Waals surface area contributed by atoms with Crippen LogP contribution in [0.3, 0.4) is 0 Å². The number of rotatable bonds is 7. The number of ether oxygens (including phenoxy) is 4. The molecule has 0 spiro atoms. The Kier molecular flexibility index (Phi) is 6.23. The van der Waals surface area contributed by atoms with Gasteiger partial charge in [-0.05, 0) is 31.2 Å². The molecular weight excluding hydrogens is 336 g/mol. The molecule has 4 nitrogen and oxygen atoms in total. The summed E-state index contributed by atoms with van der Waals surface area (Å²) in [7, 11) is 0. The van der Waals surface area contributed by atoms with Gasteiger partial charge in [-0.2, -0.15) is 0 Å². The maximum Gasteiger partial charge on any atom is 0.119 e. The molecule has 1 aromatic rings. The van der Waals surface area contributed by atoms with E-state index in [4.69, 9.17) is 18.9 Å². The quantitative estimate of drug-likeness (QED) is 0.555. The van der Waals surface area contributed by atoms with Gasteiger partial charge in [0.05, 0.1) is 26.4 Å². The topological polar surface area (TPSA) is 36.9 Å². The van der Waals surface area contributed by atoms with Crippen LogP contribution in [0.1, 0.15) is 6.92 Å². The van der Waals surface area contributed by atoms with Crippen molar-refractivity contribution in [2.24, 2.45) is 0 Å². The maximum absolute atomic E-state index is 6.05. The Hall–Kier alpha value is -0.880. The van der Waals surface area contributed by atoms with E-state index in [9.17, 15) is 0 Å². The minimum absolute atomic E-state index is 0.0975. The molecule has 0 N–H and O–H groups in total. The summed E-state index contributed by atoms with van der Waals surface area (Å²) in [4.78, 5) is 0. The highest BCUT2D eigenvalue weighted by molar-refractivity contribution is 9.10. The van der Waals surface area contributed by atoms with Gasteiger partial charge in [-0.3, -0.25) is 0 Å². The Bertz CT molecular complexity index is 448. The van der Waals surface area contributed by atoms with Crippen LogP contribution in [-0.4, -0.2) is 44.7 Å². The third-order valence-electron chi connectivity index (χ3n) is 3.05. The molecule has 1 saturated heterocycles. The van der Waals surface area contributed by atoms with Crippen LogP contribution in [0.5, 0.6) is 5.75 Å². The van der Waals surface area contributed by atoms with Crippen molar-refractivity contribution in [3.05, 3.63) is 41.4 Å². The van der Waals surface area contributed by atoms with Gasteiger partial charge in [0.15, 0.2) is 0 Å². The molecule has 0 radical (unpaired) electrons. The summed E-state index contributed by atoms with van der Waals surface area (Å²) in [5.41, 5.74) is -0.436. The second-order valence-electron chi connectivity index (χ2n) is 5.27. The van der Waals surface area contributed by atoms with Crippen molar-refractivity contribution in [1.29, 1.82) is 0 Å². The lowest BCUT2D eigenvalue weighted by Gasteiger charge is -2.38. The van der Waals surface area contributed by atoms with Gasteiger partial charge in [-0.1, -0.05) is 22.0 Å². The smallest absolute Gasteiger partial charge is 0.119 e. The van der Waals surface area contributed by atoms with Crippen LogP contribution in [0.15, 0.2) is 41.4 Å². The molecule has 116 valence electrons. The zero-order valence-corrected chi connectivity index (χ0v) is 13.8. The summed E-state index contributed by atoms with van der Waals surface area (Å²) in [6.45, 7) is 8.13. The molecule has 1 aliphatic heterocycles. The fraction of sp³-hybridized carbons (Fsp3) is 0.500. The average Bonchev–Trinajstić information content (AvgIpc) is 2.47. The zero-order valence-electron chi connectivity index (χ0n) is 12.2. The van der Waals surface area contributed by atoms with Gasteiger partial charge < -0.3 is 18.9 Å². The van der Waals surface area contributed by atoms with Crippen molar-refractivity contribution in [2.45, 2.75) is 18.6 Å². The fourth-order valence-electron chi connectivity index (χ4n) is 2.11. The predicted octanol–water partition coefficient (Wildman–Crippen LogP) is 3.20. The molecular formula is C16H21BrO4. The highest BCUT2D eigenvalue weighted by Crippen LogP contribution is 2.22. The third-order valence-corrected chi connectivity index (χ3v) is 3.58. The van der Waals surface area contributed by atoms with Crippen LogP contribution >= 0.6 is 15.9 Å².